The summed E-state index contributed by atoms with van der Waals surface area (Å²) >= 11 is 13.7. The Hall–Kier alpha value is -2.67. The van der Waals surface area contributed by atoms with Crippen molar-refractivity contribution in [2.45, 2.75) is 20.0 Å². The normalized spacial score (nSPS) is 10.9. The molecule has 0 radical (unpaired) electrons. The van der Waals surface area contributed by atoms with Gasteiger partial charge in [-0.2, -0.15) is 0 Å². The lowest BCUT2D eigenvalue weighted by Crippen LogP contribution is -2.31. The van der Waals surface area contributed by atoms with Crippen molar-refractivity contribution >= 4 is 40.4 Å². The zero-order valence-electron chi connectivity index (χ0n) is 16.0. The van der Waals surface area contributed by atoms with E-state index in [0.29, 0.717) is 34.8 Å². The number of nitrogens with zero attached hydrogens (tertiary/aromatic N) is 3. The van der Waals surface area contributed by atoms with E-state index in [4.69, 9.17) is 27.6 Å². The predicted octanol–water partition coefficient (Wildman–Crippen LogP) is 6.26. The highest BCUT2D eigenvalue weighted by Gasteiger charge is 2.24. The Bertz CT molecular complexity index is 1160. The Labute approximate surface area is 187 Å². The number of carbonyl (C=O) groups is 1. The Morgan fingerprint density at radius 2 is 1.97 bits per heavy atom. The highest BCUT2D eigenvalue weighted by Crippen LogP contribution is 2.28. The first-order valence-corrected chi connectivity index (χ1v) is 10.8. The molecule has 0 saturated carbocycles. The fourth-order valence-electron chi connectivity index (χ4n) is 3.00. The number of carbonyl (C=O) groups excluding carboxylic acids is 1. The van der Waals surface area contributed by atoms with Crippen molar-refractivity contribution in [2.75, 3.05) is 0 Å². The summed E-state index contributed by atoms with van der Waals surface area (Å²) in [6, 6.07) is 14.8. The van der Waals surface area contributed by atoms with Crippen LogP contribution in [0.1, 0.15) is 27.5 Å². The third-order valence-corrected chi connectivity index (χ3v) is 6.05. The van der Waals surface area contributed by atoms with Crippen molar-refractivity contribution in [3.05, 3.63) is 92.9 Å². The molecule has 0 aliphatic carbocycles. The highest BCUT2D eigenvalue weighted by atomic mass is 35.5. The lowest BCUT2D eigenvalue weighted by Gasteiger charge is -2.22. The van der Waals surface area contributed by atoms with E-state index in [-0.39, 0.29) is 11.6 Å². The van der Waals surface area contributed by atoms with Crippen molar-refractivity contribution in [1.82, 2.24) is 14.9 Å². The maximum Gasteiger partial charge on any atom is 0.276 e. The van der Waals surface area contributed by atoms with Gasteiger partial charge < -0.3 is 9.32 Å². The molecule has 0 N–H and O–H groups in total. The summed E-state index contributed by atoms with van der Waals surface area (Å²) < 4.78 is 5.76. The van der Waals surface area contributed by atoms with Gasteiger partial charge in [-0.15, -0.1) is 11.3 Å². The number of aromatic nitrogens is 2. The van der Waals surface area contributed by atoms with Crippen molar-refractivity contribution in [3.63, 3.8) is 0 Å². The van der Waals surface area contributed by atoms with Crippen molar-refractivity contribution < 1.29 is 9.21 Å². The average Bonchev–Trinajstić information content (AvgIpc) is 3.40. The molecule has 1 aromatic carbocycles. The molecule has 152 valence electrons. The molecule has 4 aromatic rings. The van der Waals surface area contributed by atoms with Crippen molar-refractivity contribution in [2.24, 2.45) is 0 Å². The number of benzene rings is 1. The van der Waals surface area contributed by atoms with E-state index in [1.165, 1.54) is 11.3 Å². The predicted molar refractivity (Wildman–Crippen MR) is 119 cm³/mol. The van der Waals surface area contributed by atoms with Crippen LogP contribution in [0.3, 0.4) is 0 Å². The van der Waals surface area contributed by atoms with Gasteiger partial charge in [-0.05, 0) is 48.2 Å². The molecule has 0 fully saturated rings. The van der Waals surface area contributed by atoms with Crippen LogP contribution >= 0.6 is 34.5 Å². The fraction of sp³-hybridized carbons (Fsp3) is 0.136. The van der Waals surface area contributed by atoms with Gasteiger partial charge in [0, 0.05) is 12.7 Å². The van der Waals surface area contributed by atoms with Gasteiger partial charge in [-0.3, -0.25) is 9.78 Å². The molecule has 3 aromatic heterocycles. The maximum absolute atomic E-state index is 13.4. The van der Waals surface area contributed by atoms with E-state index in [0.717, 1.165) is 16.1 Å². The van der Waals surface area contributed by atoms with Crippen LogP contribution in [0.4, 0.5) is 0 Å². The van der Waals surface area contributed by atoms with Gasteiger partial charge >= 0.3 is 0 Å². The molecule has 0 atom stereocenters. The molecule has 0 bridgehead atoms. The summed E-state index contributed by atoms with van der Waals surface area (Å²) in [6.07, 6.45) is 1.70. The minimum atomic E-state index is -0.240. The van der Waals surface area contributed by atoms with Crippen LogP contribution in [-0.4, -0.2) is 20.8 Å². The smallest absolute Gasteiger partial charge is 0.276 e. The number of hydrogen-bond donors (Lipinski definition) is 0. The zero-order chi connectivity index (χ0) is 21.1. The van der Waals surface area contributed by atoms with Gasteiger partial charge in [-0.1, -0.05) is 41.4 Å². The van der Waals surface area contributed by atoms with E-state index >= 15 is 0 Å². The molecule has 1 amide bonds. The second-order valence-corrected chi connectivity index (χ2v) is 8.39. The molecular weight excluding hydrogens is 441 g/mol. The van der Waals surface area contributed by atoms with E-state index in [2.05, 4.69) is 9.97 Å². The SMILES string of the molecule is Cc1oc(-c2cccs2)nc1C(=O)N(Cc1ccc(Cl)c(Cl)c1)Cc1ccccn1. The van der Waals surface area contributed by atoms with Crippen LogP contribution < -0.4 is 0 Å². The molecule has 0 aliphatic rings. The van der Waals surface area contributed by atoms with Gasteiger partial charge in [0.15, 0.2) is 5.69 Å². The van der Waals surface area contributed by atoms with Gasteiger partial charge in [0.25, 0.3) is 5.91 Å². The quantitative estimate of drug-likeness (QED) is 0.342. The zero-order valence-corrected chi connectivity index (χ0v) is 18.3. The van der Waals surface area contributed by atoms with Crippen molar-refractivity contribution in [1.29, 1.82) is 0 Å². The van der Waals surface area contributed by atoms with Crippen LogP contribution in [0.15, 0.2) is 64.5 Å². The average molecular weight is 458 g/mol. The summed E-state index contributed by atoms with van der Waals surface area (Å²) in [5.41, 5.74) is 1.91. The Balaban J connectivity index is 1.66. The Morgan fingerprint density at radius 1 is 1.10 bits per heavy atom. The molecule has 0 saturated heterocycles. The molecule has 0 spiro atoms. The molecular formula is C22H17Cl2N3O2S. The molecule has 30 heavy (non-hydrogen) atoms. The topological polar surface area (TPSA) is 59.2 Å². The number of hydrogen-bond acceptors (Lipinski definition) is 5. The summed E-state index contributed by atoms with van der Waals surface area (Å²) in [6.45, 7) is 2.39. The second kappa shape index (κ2) is 9.00. The van der Waals surface area contributed by atoms with E-state index in [1.807, 2.05) is 41.8 Å². The summed E-state index contributed by atoms with van der Waals surface area (Å²) in [7, 11) is 0. The number of rotatable bonds is 6. The number of aryl methyl sites for hydroxylation is 1. The third kappa shape index (κ3) is 4.56. The first-order valence-electron chi connectivity index (χ1n) is 9.15. The monoisotopic (exact) mass is 457 g/mol. The lowest BCUT2D eigenvalue weighted by molar-refractivity contribution is 0.0720. The molecule has 8 heteroatoms. The van der Waals surface area contributed by atoms with Gasteiger partial charge in [-0.25, -0.2) is 4.98 Å². The van der Waals surface area contributed by atoms with Gasteiger partial charge in [0.2, 0.25) is 5.89 Å². The summed E-state index contributed by atoms with van der Waals surface area (Å²) in [5, 5.41) is 2.85. The van der Waals surface area contributed by atoms with Crippen LogP contribution in [0.5, 0.6) is 0 Å². The maximum atomic E-state index is 13.4. The number of thiophene rings is 1. The van der Waals surface area contributed by atoms with Crippen molar-refractivity contribution in [3.8, 4) is 10.8 Å². The number of pyridine rings is 1. The molecule has 0 aliphatic heterocycles. The molecule has 5 nitrogen and oxygen atoms in total. The molecule has 3 heterocycles. The van der Waals surface area contributed by atoms with Crippen LogP contribution in [0, 0.1) is 6.92 Å². The minimum absolute atomic E-state index is 0.240. The fourth-order valence-corrected chi connectivity index (χ4v) is 3.97. The molecule has 0 unspecified atom stereocenters. The number of oxazole rings is 1. The van der Waals surface area contributed by atoms with E-state index in [9.17, 15) is 4.79 Å². The largest absolute Gasteiger partial charge is 0.440 e. The first-order chi connectivity index (χ1) is 14.5. The van der Waals surface area contributed by atoms with Crippen LogP contribution in [0.2, 0.25) is 10.0 Å². The van der Waals surface area contributed by atoms with Crippen LogP contribution in [0.25, 0.3) is 10.8 Å². The van der Waals surface area contributed by atoms with Gasteiger partial charge in [0.05, 0.1) is 27.2 Å². The van der Waals surface area contributed by atoms with E-state index < -0.39 is 0 Å². The van der Waals surface area contributed by atoms with E-state index in [1.54, 1.807) is 30.2 Å². The standard InChI is InChI=1S/C22H17Cl2N3O2S/c1-14-20(26-21(29-14)19-6-4-10-30-19)22(28)27(13-16-5-2-3-9-25-16)12-15-7-8-17(23)18(24)11-15/h2-11H,12-13H2,1H3. The summed E-state index contributed by atoms with van der Waals surface area (Å²) in [5.74, 6) is 0.678. The minimum Gasteiger partial charge on any atom is -0.440 e. The second-order valence-electron chi connectivity index (χ2n) is 6.63. The number of amides is 1. The van der Waals surface area contributed by atoms with Gasteiger partial charge in [0.1, 0.15) is 5.76 Å². The molecule has 4 rings (SSSR count). The first kappa shape index (κ1) is 20.6. The third-order valence-electron chi connectivity index (χ3n) is 4.45. The summed E-state index contributed by atoms with van der Waals surface area (Å²) in [4.78, 5) is 24.8. The lowest BCUT2D eigenvalue weighted by atomic mass is 10.2. The Morgan fingerprint density at radius 3 is 2.67 bits per heavy atom. The number of halogens is 2. The highest BCUT2D eigenvalue weighted by molar-refractivity contribution is 7.13. The Kier molecular flexibility index (Phi) is 6.18. The van der Waals surface area contributed by atoms with Crippen LogP contribution in [-0.2, 0) is 13.1 Å².